The fraction of sp³-hybridized carbons (Fsp3) is 0.562. The van der Waals surface area contributed by atoms with Crippen molar-refractivity contribution in [2.75, 3.05) is 31.1 Å². The highest BCUT2D eigenvalue weighted by Gasteiger charge is 2.21. The largest absolute Gasteiger partial charge is 0.295 e. The third-order valence-electron chi connectivity index (χ3n) is 4.16. The van der Waals surface area contributed by atoms with E-state index in [-0.39, 0.29) is 17.3 Å². The third-order valence-corrected chi connectivity index (χ3v) is 5.87. The van der Waals surface area contributed by atoms with E-state index in [2.05, 4.69) is 0 Å². The Morgan fingerprint density at radius 2 is 1.71 bits per heavy atom. The third kappa shape index (κ3) is 4.14. The molecule has 1 heterocycles. The van der Waals surface area contributed by atoms with E-state index in [1.54, 1.807) is 0 Å². The van der Waals surface area contributed by atoms with E-state index in [0.29, 0.717) is 26.1 Å². The second kappa shape index (κ2) is 6.28. The Kier molecular flexibility index (Phi) is 4.84. The van der Waals surface area contributed by atoms with Crippen LogP contribution in [0.5, 0.6) is 0 Å². The predicted molar refractivity (Wildman–Crippen MR) is 84.7 cm³/mol. The highest BCUT2D eigenvalue weighted by atomic mass is 32.2. The molecule has 1 fully saturated rings. The minimum atomic E-state index is -2.93. The molecule has 0 N–H and O–H groups in total. The van der Waals surface area contributed by atoms with Crippen LogP contribution in [0.15, 0.2) is 12.1 Å². The van der Waals surface area contributed by atoms with Gasteiger partial charge in [-0.2, -0.15) is 0 Å². The highest BCUT2D eigenvalue weighted by Crippen LogP contribution is 2.17. The van der Waals surface area contributed by atoms with Gasteiger partial charge in [0.2, 0.25) is 0 Å². The first-order valence-corrected chi connectivity index (χ1v) is 9.14. The van der Waals surface area contributed by atoms with Gasteiger partial charge in [-0.25, -0.2) is 8.42 Å². The number of nitrogens with zero attached hydrogens (tertiary/aromatic N) is 1. The Balaban J connectivity index is 2.10. The molecule has 0 saturated carbocycles. The molecule has 1 aromatic carbocycles. The average Bonchev–Trinajstić information content (AvgIpc) is 2.55. The number of rotatable bonds is 3. The Bertz CT molecular complexity index is 650. The van der Waals surface area contributed by atoms with E-state index in [0.717, 1.165) is 16.7 Å². The number of ketones is 1. The SMILES string of the molecule is Cc1cc(C)c(C(=O)CN2CCCS(=O)(=O)CC2)cc1C. The van der Waals surface area contributed by atoms with Crippen molar-refractivity contribution in [1.82, 2.24) is 4.90 Å². The zero-order chi connectivity index (χ0) is 15.6. The number of Topliss-reactive ketones (excluding diaryl/α,β-unsaturated/α-hetero) is 1. The van der Waals surface area contributed by atoms with Gasteiger partial charge in [0, 0.05) is 12.1 Å². The molecule has 0 amide bonds. The Morgan fingerprint density at radius 1 is 1.05 bits per heavy atom. The molecule has 5 heteroatoms. The molecule has 1 aromatic rings. The van der Waals surface area contributed by atoms with Crippen LogP contribution in [-0.2, 0) is 9.84 Å². The summed E-state index contributed by atoms with van der Waals surface area (Å²) in [5.41, 5.74) is 4.04. The summed E-state index contributed by atoms with van der Waals surface area (Å²) in [5.74, 6) is 0.474. The molecule has 0 radical (unpaired) electrons. The highest BCUT2D eigenvalue weighted by molar-refractivity contribution is 7.91. The fourth-order valence-electron chi connectivity index (χ4n) is 2.70. The number of aryl methyl sites for hydroxylation is 3. The quantitative estimate of drug-likeness (QED) is 0.801. The van der Waals surface area contributed by atoms with Gasteiger partial charge in [-0.05, 0) is 56.5 Å². The van der Waals surface area contributed by atoms with E-state index in [1.165, 1.54) is 5.56 Å². The van der Waals surface area contributed by atoms with Gasteiger partial charge >= 0.3 is 0 Å². The normalized spacial score (nSPS) is 19.2. The molecule has 0 aromatic heterocycles. The minimum Gasteiger partial charge on any atom is -0.295 e. The summed E-state index contributed by atoms with van der Waals surface area (Å²) < 4.78 is 23.2. The van der Waals surface area contributed by atoms with Crippen LogP contribution in [0.4, 0.5) is 0 Å². The maximum atomic E-state index is 12.5. The van der Waals surface area contributed by atoms with Crippen molar-refractivity contribution in [3.8, 4) is 0 Å². The number of carbonyl (C=O) groups is 1. The molecule has 0 unspecified atom stereocenters. The molecule has 2 rings (SSSR count). The summed E-state index contributed by atoms with van der Waals surface area (Å²) in [5, 5.41) is 0. The van der Waals surface area contributed by atoms with Crippen molar-refractivity contribution >= 4 is 15.6 Å². The van der Waals surface area contributed by atoms with Crippen LogP contribution < -0.4 is 0 Å². The van der Waals surface area contributed by atoms with Crippen molar-refractivity contribution < 1.29 is 13.2 Å². The van der Waals surface area contributed by atoms with E-state index in [4.69, 9.17) is 0 Å². The molecule has 21 heavy (non-hydrogen) atoms. The molecule has 4 nitrogen and oxygen atoms in total. The van der Waals surface area contributed by atoms with E-state index < -0.39 is 9.84 Å². The lowest BCUT2D eigenvalue weighted by molar-refractivity contribution is 0.0935. The van der Waals surface area contributed by atoms with Gasteiger partial charge in [-0.3, -0.25) is 9.69 Å². The molecule has 1 saturated heterocycles. The van der Waals surface area contributed by atoms with Crippen LogP contribution in [0.25, 0.3) is 0 Å². The summed E-state index contributed by atoms with van der Waals surface area (Å²) in [4.78, 5) is 14.4. The average molecular weight is 309 g/mol. The number of carbonyl (C=O) groups excluding carboxylic acids is 1. The molecule has 1 aliphatic rings. The molecule has 116 valence electrons. The van der Waals surface area contributed by atoms with Crippen molar-refractivity contribution in [3.05, 3.63) is 34.4 Å². The summed E-state index contributed by atoms with van der Waals surface area (Å²) in [6, 6.07) is 3.98. The second-order valence-electron chi connectivity index (χ2n) is 5.96. The summed E-state index contributed by atoms with van der Waals surface area (Å²) in [6.45, 7) is 7.43. The van der Waals surface area contributed by atoms with E-state index >= 15 is 0 Å². The van der Waals surface area contributed by atoms with Crippen LogP contribution >= 0.6 is 0 Å². The smallest absolute Gasteiger partial charge is 0.177 e. The van der Waals surface area contributed by atoms with Crippen LogP contribution in [0.2, 0.25) is 0 Å². The lowest BCUT2D eigenvalue weighted by atomic mass is 9.98. The van der Waals surface area contributed by atoms with Gasteiger partial charge in [0.05, 0.1) is 18.1 Å². The van der Waals surface area contributed by atoms with Crippen molar-refractivity contribution in [3.63, 3.8) is 0 Å². The van der Waals surface area contributed by atoms with Gasteiger partial charge in [-0.1, -0.05) is 6.07 Å². The first-order valence-electron chi connectivity index (χ1n) is 7.32. The molecule has 1 aliphatic heterocycles. The van der Waals surface area contributed by atoms with Crippen LogP contribution in [0, 0.1) is 20.8 Å². The maximum Gasteiger partial charge on any atom is 0.177 e. The first kappa shape index (κ1) is 16.2. The molecular weight excluding hydrogens is 286 g/mol. The van der Waals surface area contributed by atoms with Gasteiger partial charge in [0.1, 0.15) is 0 Å². The number of sulfone groups is 1. The van der Waals surface area contributed by atoms with Gasteiger partial charge in [-0.15, -0.1) is 0 Å². The van der Waals surface area contributed by atoms with Gasteiger partial charge < -0.3 is 0 Å². The monoisotopic (exact) mass is 309 g/mol. The van der Waals surface area contributed by atoms with Crippen LogP contribution in [0.1, 0.15) is 33.5 Å². The minimum absolute atomic E-state index is 0.0786. The lowest BCUT2D eigenvalue weighted by Crippen LogP contribution is -2.32. The van der Waals surface area contributed by atoms with Crippen molar-refractivity contribution in [1.29, 1.82) is 0 Å². The molecule has 0 atom stereocenters. The van der Waals surface area contributed by atoms with Crippen molar-refractivity contribution in [2.24, 2.45) is 0 Å². The Hall–Kier alpha value is -1.20. The van der Waals surface area contributed by atoms with Crippen molar-refractivity contribution in [2.45, 2.75) is 27.2 Å². The standard InChI is InChI=1S/C16H23NO3S/c1-12-9-14(3)15(10-13(12)2)16(18)11-17-5-4-7-21(19,20)8-6-17/h9-10H,4-8,11H2,1-3H3. The molecule has 0 aliphatic carbocycles. The lowest BCUT2D eigenvalue weighted by Gasteiger charge is -2.19. The van der Waals surface area contributed by atoms with Gasteiger partial charge in [0.15, 0.2) is 15.6 Å². The van der Waals surface area contributed by atoms with E-state index in [9.17, 15) is 13.2 Å². The van der Waals surface area contributed by atoms with E-state index in [1.807, 2.05) is 37.8 Å². The van der Waals surface area contributed by atoms with Gasteiger partial charge in [0.25, 0.3) is 0 Å². The molecular formula is C16H23NO3S. The molecule has 0 spiro atoms. The second-order valence-corrected chi connectivity index (χ2v) is 8.26. The maximum absolute atomic E-state index is 12.5. The summed E-state index contributed by atoms with van der Waals surface area (Å²) >= 11 is 0. The fourth-order valence-corrected chi connectivity index (χ4v) is 4.01. The van der Waals surface area contributed by atoms with Crippen LogP contribution in [-0.4, -0.2) is 50.2 Å². The number of hydrogen-bond donors (Lipinski definition) is 0. The molecule has 0 bridgehead atoms. The Labute approximate surface area is 127 Å². The Morgan fingerprint density at radius 3 is 2.43 bits per heavy atom. The zero-order valence-corrected chi connectivity index (χ0v) is 13.8. The first-order chi connectivity index (χ1) is 9.78. The zero-order valence-electron chi connectivity index (χ0n) is 13.0. The topological polar surface area (TPSA) is 54.5 Å². The number of benzene rings is 1. The number of hydrogen-bond acceptors (Lipinski definition) is 4. The summed E-state index contributed by atoms with van der Waals surface area (Å²) in [6.07, 6.45) is 0.613. The predicted octanol–water partition coefficient (Wildman–Crippen LogP) is 1.92. The summed E-state index contributed by atoms with van der Waals surface area (Å²) in [7, 11) is -2.93. The van der Waals surface area contributed by atoms with Crippen LogP contribution in [0.3, 0.4) is 0 Å².